The maximum atomic E-state index is 6.11. The van der Waals surface area contributed by atoms with Crippen LogP contribution in [0.15, 0.2) is 30.5 Å². The fourth-order valence-electron chi connectivity index (χ4n) is 2.88. The predicted octanol–water partition coefficient (Wildman–Crippen LogP) is 3.50. The molecule has 0 bridgehead atoms. The summed E-state index contributed by atoms with van der Waals surface area (Å²) in [6, 6.07) is 9.27. The summed E-state index contributed by atoms with van der Waals surface area (Å²) in [6.07, 6.45) is 5.90. The highest BCUT2D eigenvalue weighted by Crippen LogP contribution is 2.34. The Hall–Kier alpha value is -1.32. The molecule has 1 saturated heterocycles. The van der Waals surface area contributed by atoms with Crippen molar-refractivity contribution in [1.29, 1.82) is 0 Å². The maximum Gasteiger partial charge on any atom is 0.138 e. The molecule has 0 N–H and O–H groups in total. The number of nitrogens with zero attached hydrogens (tertiary/aromatic N) is 2. The number of aromatic nitrogens is 1. The van der Waals surface area contributed by atoms with Crippen LogP contribution in [0, 0.1) is 0 Å². The van der Waals surface area contributed by atoms with E-state index in [1.807, 2.05) is 24.3 Å². The van der Waals surface area contributed by atoms with E-state index in [9.17, 15) is 0 Å². The van der Waals surface area contributed by atoms with E-state index in [0.717, 1.165) is 29.3 Å². The number of rotatable bonds is 4. The smallest absolute Gasteiger partial charge is 0.138 e. The molecule has 4 rings (SSSR count). The second-order valence-electron chi connectivity index (χ2n) is 5.73. The van der Waals surface area contributed by atoms with E-state index in [-0.39, 0.29) is 0 Å². The first-order valence-electron chi connectivity index (χ1n) is 7.24. The number of halogens is 1. The number of benzene rings is 1. The molecule has 4 heteroatoms. The highest BCUT2D eigenvalue weighted by Gasteiger charge is 2.42. The first-order valence-corrected chi connectivity index (χ1v) is 7.62. The van der Waals surface area contributed by atoms with Crippen molar-refractivity contribution in [2.45, 2.75) is 31.3 Å². The number of para-hydroxylation sites is 1. The number of pyridine rings is 1. The van der Waals surface area contributed by atoms with Crippen molar-refractivity contribution in [3.8, 4) is 5.75 Å². The number of ether oxygens (including phenoxy) is 1. The zero-order valence-electron chi connectivity index (χ0n) is 11.3. The summed E-state index contributed by atoms with van der Waals surface area (Å²) in [7, 11) is 0. The standard InChI is InChI=1S/C16H17ClN2O/c17-15-6-1-3-11-7-14(8-18-16(11)15)20-10-13-9-19(13)12-4-2-5-12/h1,3,6-8,12-13H,2,4-5,9-10H2. The molecular formula is C16H17ClN2O. The van der Waals surface area contributed by atoms with Crippen LogP contribution in [-0.2, 0) is 0 Å². The van der Waals surface area contributed by atoms with Crippen molar-refractivity contribution < 1.29 is 4.74 Å². The Morgan fingerprint density at radius 1 is 1.35 bits per heavy atom. The highest BCUT2D eigenvalue weighted by molar-refractivity contribution is 6.35. The molecule has 0 amide bonds. The second-order valence-corrected chi connectivity index (χ2v) is 6.14. The van der Waals surface area contributed by atoms with Crippen LogP contribution in [0.4, 0.5) is 0 Å². The third-order valence-electron chi connectivity index (χ3n) is 4.38. The second kappa shape index (κ2) is 4.90. The van der Waals surface area contributed by atoms with Gasteiger partial charge in [-0.15, -0.1) is 0 Å². The van der Waals surface area contributed by atoms with E-state index in [1.165, 1.54) is 25.8 Å². The van der Waals surface area contributed by atoms with Crippen molar-refractivity contribution in [2.24, 2.45) is 0 Å². The van der Waals surface area contributed by atoms with E-state index in [2.05, 4.69) is 9.88 Å². The number of hydrogen-bond acceptors (Lipinski definition) is 3. The SMILES string of the molecule is Clc1cccc2cc(OCC3CN3C3CCC3)cnc12. The zero-order chi connectivity index (χ0) is 13.5. The van der Waals surface area contributed by atoms with Crippen LogP contribution in [0.5, 0.6) is 5.75 Å². The molecular weight excluding hydrogens is 272 g/mol. The molecule has 2 atom stereocenters. The quantitative estimate of drug-likeness (QED) is 0.805. The van der Waals surface area contributed by atoms with E-state index < -0.39 is 0 Å². The van der Waals surface area contributed by atoms with Crippen molar-refractivity contribution in [3.05, 3.63) is 35.5 Å². The normalized spacial score (nSPS) is 25.4. The monoisotopic (exact) mass is 288 g/mol. The van der Waals surface area contributed by atoms with Crippen molar-refractivity contribution in [3.63, 3.8) is 0 Å². The summed E-state index contributed by atoms with van der Waals surface area (Å²) in [5, 5.41) is 1.72. The van der Waals surface area contributed by atoms with Crippen LogP contribution in [-0.4, -0.2) is 35.1 Å². The fourth-order valence-corrected chi connectivity index (χ4v) is 3.12. The van der Waals surface area contributed by atoms with Gasteiger partial charge in [-0.05, 0) is 25.0 Å². The van der Waals surface area contributed by atoms with Gasteiger partial charge in [0.25, 0.3) is 0 Å². The first-order chi connectivity index (χ1) is 9.81. The molecule has 2 fully saturated rings. The lowest BCUT2D eigenvalue weighted by molar-refractivity contribution is 0.215. The largest absolute Gasteiger partial charge is 0.490 e. The third-order valence-corrected chi connectivity index (χ3v) is 4.68. The zero-order valence-corrected chi connectivity index (χ0v) is 12.0. The molecule has 1 aliphatic heterocycles. The van der Waals surface area contributed by atoms with Gasteiger partial charge in [-0.2, -0.15) is 0 Å². The molecule has 2 heterocycles. The Labute approximate surface area is 123 Å². The Morgan fingerprint density at radius 2 is 2.25 bits per heavy atom. The summed E-state index contributed by atoms with van der Waals surface area (Å²) in [6.45, 7) is 1.96. The molecule has 1 aromatic carbocycles. The fraction of sp³-hybridized carbons (Fsp3) is 0.438. The predicted molar refractivity (Wildman–Crippen MR) is 80.4 cm³/mol. The molecule has 0 spiro atoms. The highest BCUT2D eigenvalue weighted by atomic mass is 35.5. The van der Waals surface area contributed by atoms with Gasteiger partial charge in [-0.3, -0.25) is 9.88 Å². The number of fused-ring (bicyclic) bond motifs is 1. The van der Waals surface area contributed by atoms with Crippen molar-refractivity contribution >= 4 is 22.5 Å². The molecule has 1 aromatic heterocycles. The Kier molecular flexibility index (Phi) is 3.04. The van der Waals surface area contributed by atoms with Crippen LogP contribution < -0.4 is 4.74 Å². The van der Waals surface area contributed by atoms with Gasteiger partial charge in [0, 0.05) is 18.0 Å². The van der Waals surface area contributed by atoms with Gasteiger partial charge in [0.2, 0.25) is 0 Å². The van der Waals surface area contributed by atoms with Gasteiger partial charge in [0.05, 0.1) is 22.8 Å². The van der Waals surface area contributed by atoms with Crippen molar-refractivity contribution in [2.75, 3.05) is 13.2 Å². The molecule has 0 radical (unpaired) electrons. The molecule has 2 unspecified atom stereocenters. The minimum Gasteiger partial charge on any atom is -0.490 e. The van der Waals surface area contributed by atoms with Crippen LogP contribution in [0.1, 0.15) is 19.3 Å². The molecule has 104 valence electrons. The van der Waals surface area contributed by atoms with Gasteiger partial charge in [0.1, 0.15) is 12.4 Å². The summed E-state index contributed by atoms with van der Waals surface area (Å²) >= 11 is 6.11. The average molecular weight is 289 g/mol. The first kappa shape index (κ1) is 12.4. The van der Waals surface area contributed by atoms with Crippen LogP contribution >= 0.6 is 11.6 Å². The average Bonchev–Trinajstić information content (AvgIpc) is 3.14. The summed E-state index contributed by atoms with van der Waals surface area (Å²) in [5.74, 6) is 0.834. The van der Waals surface area contributed by atoms with Crippen molar-refractivity contribution in [1.82, 2.24) is 9.88 Å². The van der Waals surface area contributed by atoms with E-state index in [1.54, 1.807) is 6.20 Å². The molecule has 2 aliphatic rings. The van der Waals surface area contributed by atoms with Gasteiger partial charge in [-0.1, -0.05) is 30.2 Å². The Bertz CT molecular complexity index is 641. The molecule has 2 aromatic rings. The Morgan fingerprint density at radius 3 is 3.05 bits per heavy atom. The summed E-state index contributed by atoms with van der Waals surface area (Å²) in [5.41, 5.74) is 0.837. The summed E-state index contributed by atoms with van der Waals surface area (Å²) in [4.78, 5) is 6.94. The molecule has 20 heavy (non-hydrogen) atoms. The lowest BCUT2D eigenvalue weighted by Gasteiger charge is -2.27. The van der Waals surface area contributed by atoms with E-state index in [0.29, 0.717) is 11.1 Å². The van der Waals surface area contributed by atoms with Crippen LogP contribution in [0.3, 0.4) is 0 Å². The van der Waals surface area contributed by atoms with E-state index in [4.69, 9.17) is 16.3 Å². The van der Waals surface area contributed by atoms with Crippen LogP contribution in [0.25, 0.3) is 10.9 Å². The molecule has 1 aliphatic carbocycles. The third kappa shape index (κ3) is 2.25. The minimum atomic E-state index is 0.607. The minimum absolute atomic E-state index is 0.607. The van der Waals surface area contributed by atoms with Gasteiger partial charge >= 0.3 is 0 Å². The maximum absolute atomic E-state index is 6.11. The number of hydrogen-bond donors (Lipinski definition) is 0. The topological polar surface area (TPSA) is 25.1 Å². The lowest BCUT2D eigenvalue weighted by Crippen LogP contribution is -2.29. The Balaban J connectivity index is 1.42. The van der Waals surface area contributed by atoms with Gasteiger partial charge in [0.15, 0.2) is 0 Å². The van der Waals surface area contributed by atoms with Gasteiger partial charge in [-0.25, -0.2) is 0 Å². The van der Waals surface area contributed by atoms with Gasteiger partial charge < -0.3 is 4.74 Å². The van der Waals surface area contributed by atoms with E-state index >= 15 is 0 Å². The summed E-state index contributed by atoms with van der Waals surface area (Å²) < 4.78 is 5.88. The molecule has 3 nitrogen and oxygen atoms in total. The molecule has 1 saturated carbocycles. The van der Waals surface area contributed by atoms with Crippen LogP contribution in [0.2, 0.25) is 5.02 Å². The lowest BCUT2D eigenvalue weighted by atomic mass is 9.93.